The molecule has 0 N–H and O–H groups in total. The number of aromatic nitrogens is 3. The molecule has 2 aromatic heterocycles. The Kier molecular flexibility index (Phi) is 4.94. The fourth-order valence-corrected chi connectivity index (χ4v) is 3.89. The number of carbonyl (C=O) groups is 1. The van der Waals surface area contributed by atoms with Crippen LogP contribution in [0.15, 0.2) is 65.8 Å². The van der Waals surface area contributed by atoms with Gasteiger partial charge in [0, 0.05) is 24.1 Å². The van der Waals surface area contributed by atoms with Gasteiger partial charge in [-0.3, -0.25) is 14.2 Å². The van der Waals surface area contributed by atoms with Crippen molar-refractivity contribution in [2.24, 2.45) is 0 Å². The highest BCUT2D eigenvalue weighted by Gasteiger charge is 2.21. The summed E-state index contributed by atoms with van der Waals surface area (Å²) >= 11 is 0. The zero-order valence-electron chi connectivity index (χ0n) is 17.3. The van der Waals surface area contributed by atoms with Crippen molar-refractivity contribution in [3.8, 4) is 23.5 Å². The zero-order valence-corrected chi connectivity index (χ0v) is 17.3. The van der Waals surface area contributed by atoms with E-state index in [9.17, 15) is 20.1 Å². The predicted octanol–water partition coefficient (Wildman–Crippen LogP) is 2.28. The smallest absolute Gasteiger partial charge is 0.282 e. The van der Waals surface area contributed by atoms with Crippen molar-refractivity contribution in [1.29, 1.82) is 10.5 Å². The number of amides is 1. The number of ether oxygens (including phenoxy) is 1. The van der Waals surface area contributed by atoms with Gasteiger partial charge < -0.3 is 14.2 Å². The van der Waals surface area contributed by atoms with E-state index in [0.29, 0.717) is 30.1 Å². The van der Waals surface area contributed by atoms with E-state index in [4.69, 9.17) is 4.74 Å². The normalized spacial score (nSPS) is 13.6. The molecule has 160 valence electrons. The lowest BCUT2D eigenvalue weighted by Crippen LogP contribution is -2.41. The van der Waals surface area contributed by atoms with Gasteiger partial charge in [0.15, 0.2) is 0 Å². The summed E-state index contributed by atoms with van der Waals surface area (Å²) in [6.07, 6.45) is 2.93. The number of fused-ring (bicyclic) bond motifs is 1. The molecule has 9 nitrogen and oxygen atoms in total. The van der Waals surface area contributed by atoms with Crippen molar-refractivity contribution >= 4 is 22.6 Å². The number of nitrogens with zero attached hydrogens (tertiary/aromatic N) is 6. The Balaban J connectivity index is 1.63. The third-order valence-electron chi connectivity index (χ3n) is 5.50. The van der Waals surface area contributed by atoms with Crippen molar-refractivity contribution in [3.63, 3.8) is 0 Å². The van der Waals surface area contributed by atoms with Crippen LogP contribution in [0.1, 0.15) is 11.1 Å². The van der Waals surface area contributed by atoms with Gasteiger partial charge in [0.25, 0.3) is 11.5 Å². The average molecular weight is 436 g/mol. The molecule has 0 aliphatic carbocycles. The van der Waals surface area contributed by atoms with Crippen LogP contribution in [0.3, 0.4) is 0 Å². The lowest BCUT2D eigenvalue weighted by Gasteiger charge is -2.26. The molecule has 0 bridgehead atoms. The minimum atomic E-state index is -0.362. The molecular formula is C24H16N6O3. The molecular weight excluding hydrogens is 420 g/mol. The van der Waals surface area contributed by atoms with Gasteiger partial charge in [0.2, 0.25) is 0 Å². The first-order chi connectivity index (χ1) is 16.1. The Hall–Kier alpha value is -4.73. The molecule has 1 fully saturated rings. The largest absolute Gasteiger partial charge is 0.370 e. The first kappa shape index (κ1) is 20.2. The summed E-state index contributed by atoms with van der Waals surface area (Å²) in [4.78, 5) is 31.6. The Bertz CT molecular complexity index is 1540. The summed E-state index contributed by atoms with van der Waals surface area (Å²) in [7, 11) is 0. The second-order valence-corrected chi connectivity index (χ2v) is 7.42. The minimum Gasteiger partial charge on any atom is -0.370 e. The van der Waals surface area contributed by atoms with E-state index in [-0.39, 0.29) is 34.7 Å². The van der Waals surface area contributed by atoms with Gasteiger partial charge in [0.05, 0.1) is 29.5 Å². The fraction of sp³-hybridized carbons (Fsp3) is 0.125. The van der Waals surface area contributed by atoms with Crippen LogP contribution >= 0.6 is 0 Å². The maximum absolute atomic E-state index is 13.5. The van der Waals surface area contributed by atoms with Gasteiger partial charge in [-0.05, 0) is 42.5 Å². The van der Waals surface area contributed by atoms with Gasteiger partial charge in [-0.25, -0.2) is 4.98 Å². The lowest BCUT2D eigenvalue weighted by molar-refractivity contribution is -0.125. The van der Waals surface area contributed by atoms with Gasteiger partial charge in [-0.2, -0.15) is 10.5 Å². The van der Waals surface area contributed by atoms with Crippen LogP contribution < -0.4 is 10.5 Å². The molecule has 33 heavy (non-hydrogen) atoms. The number of rotatable bonds is 3. The molecule has 0 saturated carbocycles. The number of carbonyl (C=O) groups excluding carboxylic acids is 1. The van der Waals surface area contributed by atoms with Crippen molar-refractivity contribution in [2.75, 3.05) is 24.7 Å². The molecule has 4 aromatic rings. The molecule has 1 amide bonds. The molecule has 2 aromatic carbocycles. The Morgan fingerprint density at radius 2 is 1.73 bits per heavy atom. The minimum absolute atomic E-state index is 0.0486. The fourth-order valence-electron chi connectivity index (χ4n) is 3.89. The third kappa shape index (κ3) is 3.43. The Morgan fingerprint density at radius 3 is 2.45 bits per heavy atom. The molecule has 0 atom stereocenters. The number of hydrogen-bond acceptors (Lipinski definition) is 6. The Morgan fingerprint density at radius 1 is 0.939 bits per heavy atom. The lowest BCUT2D eigenvalue weighted by atomic mass is 10.2. The monoisotopic (exact) mass is 436 g/mol. The molecule has 9 heteroatoms. The van der Waals surface area contributed by atoms with Crippen LogP contribution in [0, 0.1) is 22.7 Å². The highest BCUT2D eigenvalue weighted by atomic mass is 16.5. The van der Waals surface area contributed by atoms with Crippen molar-refractivity contribution in [1.82, 2.24) is 14.1 Å². The molecule has 5 rings (SSSR count). The summed E-state index contributed by atoms with van der Waals surface area (Å²) < 4.78 is 8.14. The van der Waals surface area contributed by atoms with Crippen LogP contribution in [-0.4, -0.2) is 39.8 Å². The summed E-state index contributed by atoms with van der Waals surface area (Å²) in [5.74, 6) is -0.115. The van der Waals surface area contributed by atoms with Crippen LogP contribution in [0.4, 0.5) is 5.69 Å². The van der Waals surface area contributed by atoms with Crippen molar-refractivity contribution in [2.45, 2.75) is 0 Å². The second kappa shape index (κ2) is 8.08. The highest BCUT2D eigenvalue weighted by Crippen LogP contribution is 2.23. The van der Waals surface area contributed by atoms with Gasteiger partial charge in [-0.15, -0.1) is 0 Å². The average Bonchev–Trinajstić information content (AvgIpc) is 3.25. The molecule has 1 aliphatic heterocycles. The topological polar surface area (TPSA) is 117 Å². The number of anilines is 1. The maximum atomic E-state index is 13.5. The standard InChI is InChI=1S/C24H16N6O3/c25-11-16-2-1-3-20(10-16)29-13-17(12-26)22-23(29)24(32)30(15-27-22)19-6-4-18(5-7-19)28-8-9-33-14-21(28)31/h1-7,10,13,15H,8-9,14H2. The van der Waals surface area contributed by atoms with E-state index in [0.717, 1.165) is 5.69 Å². The summed E-state index contributed by atoms with van der Waals surface area (Å²) in [6, 6.07) is 18.0. The van der Waals surface area contributed by atoms with E-state index in [1.54, 1.807) is 64.2 Å². The van der Waals surface area contributed by atoms with Crippen molar-refractivity contribution < 1.29 is 9.53 Å². The molecule has 0 radical (unpaired) electrons. The predicted molar refractivity (Wildman–Crippen MR) is 119 cm³/mol. The van der Waals surface area contributed by atoms with Crippen LogP contribution in [0.5, 0.6) is 0 Å². The highest BCUT2D eigenvalue weighted by molar-refractivity contribution is 5.95. The van der Waals surface area contributed by atoms with Gasteiger partial charge in [0.1, 0.15) is 30.0 Å². The second-order valence-electron chi connectivity index (χ2n) is 7.42. The Labute approximate surface area is 187 Å². The first-order valence-electron chi connectivity index (χ1n) is 10.1. The van der Waals surface area contributed by atoms with E-state index in [1.165, 1.54) is 10.9 Å². The van der Waals surface area contributed by atoms with E-state index < -0.39 is 0 Å². The third-order valence-corrected chi connectivity index (χ3v) is 5.50. The number of benzene rings is 2. The summed E-state index contributed by atoms with van der Waals surface area (Å²) in [5, 5.41) is 18.8. The molecule has 1 aliphatic rings. The number of nitriles is 2. The van der Waals surface area contributed by atoms with Crippen molar-refractivity contribution in [3.05, 3.63) is 82.5 Å². The zero-order chi connectivity index (χ0) is 22.9. The number of morpholine rings is 1. The van der Waals surface area contributed by atoms with Crippen LogP contribution in [0.25, 0.3) is 22.4 Å². The quantitative estimate of drug-likeness (QED) is 0.486. The van der Waals surface area contributed by atoms with E-state index in [1.807, 2.05) is 0 Å². The summed E-state index contributed by atoms with van der Waals surface area (Å²) in [5.41, 5.74) is 2.72. The number of hydrogen-bond donors (Lipinski definition) is 0. The van der Waals surface area contributed by atoms with Gasteiger partial charge >= 0.3 is 0 Å². The maximum Gasteiger partial charge on any atom is 0.282 e. The molecule has 0 spiro atoms. The van der Waals surface area contributed by atoms with E-state index in [2.05, 4.69) is 17.1 Å². The summed E-state index contributed by atoms with van der Waals surface area (Å²) in [6.45, 7) is 0.990. The molecule has 3 heterocycles. The van der Waals surface area contributed by atoms with Gasteiger partial charge in [-0.1, -0.05) is 6.07 Å². The van der Waals surface area contributed by atoms with E-state index >= 15 is 0 Å². The van der Waals surface area contributed by atoms with Crippen LogP contribution in [-0.2, 0) is 9.53 Å². The first-order valence-corrected chi connectivity index (χ1v) is 10.1. The van der Waals surface area contributed by atoms with Crippen LogP contribution in [0.2, 0.25) is 0 Å². The molecule has 0 unspecified atom stereocenters. The SMILES string of the molecule is N#Cc1cccc(-n2cc(C#N)c3ncn(-c4ccc(N5CCOCC5=O)cc4)c(=O)c32)c1. The molecule has 1 saturated heterocycles.